The molecule has 0 bridgehead atoms. The van der Waals surface area contributed by atoms with Gasteiger partial charge in [-0.15, -0.1) is 24.0 Å². The molecule has 0 amide bonds. The van der Waals surface area contributed by atoms with Crippen LogP contribution < -0.4 is 15.8 Å². The molecule has 25 heavy (non-hydrogen) atoms. The van der Waals surface area contributed by atoms with Gasteiger partial charge in [0.1, 0.15) is 0 Å². The number of benzene rings is 1. The third-order valence-corrected chi connectivity index (χ3v) is 4.53. The van der Waals surface area contributed by atoms with Gasteiger partial charge in [-0.25, -0.2) is 13.6 Å². The molecule has 1 unspecified atom stereocenters. The number of sulfonamides is 1. The van der Waals surface area contributed by atoms with Crippen LogP contribution in [0.25, 0.3) is 0 Å². The van der Waals surface area contributed by atoms with Gasteiger partial charge < -0.3 is 10.6 Å². The Morgan fingerprint density at radius 1 is 1.32 bits per heavy atom. The van der Waals surface area contributed by atoms with Crippen molar-refractivity contribution in [3.8, 4) is 0 Å². The average Bonchev–Trinajstić information content (AvgIpc) is 2.48. The first-order valence-corrected chi connectivity index (χ1v) is 9.65. The summed E-state index contributed by atoms with van der Waals surface area (Å²) in [5.74, 6) is 0.692. The van der Waals surface area contributed by atoms with Crippen molar-refractivity contribution in [1.82, 2.24) is 10.6 Å². The third kappa shape index (κ3) is 10.0. The highest BCUT2D eigenvalue weighted by atomic mass is 127. The molecule has 1 aromatic rings. The zero-order valence-electron chi connectivity index (χ0n) is 15.7. The maximum Gasteiger partial charge on any atom is 0.238 e. The maximum atomic E-state index is 11.4. The Kier molecular flexibility index (Phi) is 9.96. The minimum Gasteiger partial charge on any atom is -0.354 e. The third-order valence-electron chi connectivity index (χ3n) is 3.62. The quantitative estimate of drug-likeness (QED) is 0.330. The van der Waals surface area contributed by atoms with E-state index in [4.69, 9.17) is 5.14 Å². The lowest BCUT2D eigenvalue weighted by molar-refractivity contribution is 0.346. The number of nitrogens with two attached hydrogens (primary N) is 1. The Hall–Kier alpha value is -0.870. The standard InChI is InChI=1S/C17H30N4O2S.HI/c1-13(9-10-17(2,3)4)21-16(19-5)20-12-14-7-6-8-15(11-14)24(18,22)23;/h6-8,11,13H,9-10,12H2,1-5H3,(H2,18,22,23)(H2,19,20,21);1H. The molecule has 8 heteroatoms. The average molecular weight is 482 g/mol. The van der Waals surface area contributed by atoms with Gasteiger partial charge in [-0.2, -0.15) is 0 Å². The lowest BCUT2D eigenvalue weighted by atomic mass is 9.89. The second kappa shape index (κ2) is 10.3. The number of nitrogens with zero attached hydrogens (tertiary/aromatic N) is 1. The fourth-order valence-electron chi connectivity index (χ4n) is 2.17. The number of hydrogen-bond donors (Lipinski definition) is 3. The summed E-state index contributed by atoms with van der Waals surface area (Å²) in [5.41, 5.74) is 1.13. The van der Waals surface area contributed by atoms with E-state index in [1.807, 2.05) is 6.07 Å². The summed E-state index contributed by atoms with van der Waals surface area (Å²) >= 11 is 0. The summed E-state index contributed by atoms with van der Waals surface area (Å²) in [7, 11) is -1.97. The molecule has 0 aliphatic heterocycles. The summed E-state index contributed by atoms with van der Waals surface area (Å²) < 4.78 is 22.8. The van der Waals surface area contributed by atoms with Gasteiger partial charge in [0, 0.05) is 19.6 Å². The van der Waals surface area contributed by atoms with Crippen LogP contribution in [-0.4, -0.2) is 27.5 Å². The molecule has 0 saturated carbocycles. The van der Waals surface area contributed by atoms with Crippen LogP contribution in [0.5, 0.6) is 0 Å². The van der Waals surface area contributed by atoms with Crippen molar-refractivity contribution < 1.29 is 8.42 Å². The highest BCUT2D eigenvalue weighted by Gasteiger charge is 2.13. The Labute approximate surface area is 169 Å². The first kappa shape index (κ1) is 24.1. The number of guanidine groups is 1. The van der Waals surface area contributed by atoms with Crippen LogP contribution in [0.4, 0.5) is 0 Å². The van der Waals surface area contributed by atoms with E-state index >= 15 is 0 Å². The predicted octanol–water partition coefficient (Wildman–Crippen LogP) is 2.83. The smallest absolute Gasteiger partial charge is 0.238 e. The van der Waals surface area contributed by atoms with Gasteiger partial charge >= 0.3 is 0 Å². The van der Waals surface area contributed by atoms with Gasteiger partial charge in [-0.05, 0) is 42.9 Å². The van der Waals surface area contributed by atoms with Gasteiger partial charge in [-0.1, -0.05) is 32.9 Å². The van der Waals surface area contributed by atoms with Crippen LogP contribution >= 0.6 is 24.0 Å². The van der Waals surface area contributed by atoms with E-state index < -0.39 is 10.0 Å². The van der Waals surface area contributed by atoms with E-state index in [9.17, 15) is 8.42 Å². The Balaban J connectivity index is 0.00000576. The van der Waals surface area contributed by atoms with Crippen LogP contribution in [0, 0.1) is 5.41 Å². The molecular formula is C17H31IN4O2S. The molecular weight excluding hydrogens is 451 g/mol. The molecule has 1 aromatic carbocycles. The molecule has 4 N–H and O–H groups in total. The normalized spacial score (nSPS) is 13.8. The molecule has 0 fully saturated rings. The highest BCUT2D eigenvalue weighted by molar-refractivity contribution is 14.0. The second-order valence-corrected chi connectivity index (χ2v) is 8.82. The second-order valence-electron chi connectivity index (χ2n) is 7.26. The fourth-order valence-corrected chi connectivity index (χ4v) is 2.75. The van der Waals surface area contributed by atoms with Gasteiger partial charge in [0.25, 0.3) is 0 Å². The molecule has 0 spiro atoms. The van der Waals surface area contributed by atoms with Crippen molar-refractivity contribution in [3.05, 3.63) is 29.8 Å². The molecule has 1 rings (SSSR count). The van der Waals surface area contributed by atoms with Crippen molar-refractivity contribution in [2.75, 3.05) is 7.05 Å². The van der Waals surface area contributed by atoms with Crippen molar-refractivity contribution >= 4 is 40.0 Å². The maximum absolute atomic E-state index is 11.4. The predicted molar refractivity (Wildman–Crippen MR) is 115 cm³/mol. The Morgan fingerprint density at radius 2 is 1.96 bits per heavy atom. The van der Waals surface area contributed by atoms with E-state index in [0.717, 1.165) is 18.4 Å². The largest absolute Gasteiger partial charge is 0.354 e. The van der Waals surface area contributed by atoms with E-state index in [1.165, 1.54) is 6.07 Å². The summed E-state index contributed by atoms with van der Waals surface area (Å²) in [6, 6.07) is 6.88. The zero-order chi connectivity index (χ0) is 18.4. The fraction of sp³-hybridized carbons (Fsp3) is 0.588. The van der Waals surface area contributed by atoms with Gasteiger partial charge in [-0.3, -0.25) is 4.99 Å². The Bertz CT molecular complexity index is 669. The van der Waals surface area contributed by atoms with Gasteiger partial charge in [0.15, 0.2) is 5.96 Å². The SMILES string of the molecule is CN=C(NCc1cccc(S(N)(=O)=O)c1)NC(C)CCC(C)(C)C.I. The monoisotopic (exact) mass is 482 g/mol. The summed E-state index contributed by atoms with van der Waals surface area (Å²) in [5, 5.41) is 11.7. The summed E-state index contributed by atoms with van der Waals surface area (Å²) in [6.45, 7) is 9.27. The number of aliphatic imine (C=N–C) groups is 1. The van der Waals surface area contributed by atoms with E-state index in [1.54, 1.807) is 19.2 Å². The van der Waals surface area contributed by atoms with Crippen LogP contribution in [0.1, 0.15) is 46.1 Å². The lowest BCUT2D eigenvalue weighted by Gasteiger charge is -2.23. The molecule has 0 heterocycles. The number of nitrogens with one attached hydrogen (secondary N) is 2. The van der Waals surface area contributed by atoms with Crippen LogP contribution in [-0.2, 0) is 16.6 Å². The summed E-state index contributed by atoms with van der Waals surface area (Å²) in [6.07, 6.45) is 2.17. The lowest BCUT2D eigenvalue weighted by Crippen LogP contribution is -2.42. The molecule has 1 atom stereocenters. The van der Waals surface area contributed by atoms with Crippen LogP contribution in [0.15, 0.2) is 34.2 Å². The molecule has 0 aliphatic carbocycles. The number of rotatable bonds is 6. The zero-order valence-corrected chi connectivity index (χ0v) is 18.8. The van der Waals surface area contributed by atoms with Crippen molar-refractivity contribution in [3.63, 3.8) is 0 Å². The topological polar surface area (TPSA) is 96.6 Å². The minimum absolute atomic E-state index is 0. The van der Waals surface area contributed by atoms with Gasteiger partial charge in [0.2, 0.25) is 10.0 Å². The number of hydrogen-bond acceptors (Lipinski definition) is 3. The first-order valence-electron chi connectivity index (χ1n) is 8.10. The Morgan fingerprint density at radius 3 is 2.48 bits per heavy atom. The first-order chi connectivity index (χ1) is 11.0. The van der Waals surface area contributed by atoms with Crippen LogP contribution in [0.2, 0.25) is 0 Å². The van der Waals surface area contributed by atoms with Crippen molar-refractivity contribution in [2.24, 2.45) is 15.5 Å². The molecule has 0 aromatic heterocycles. The van der Waals surface area contributed by atoms with Crippen LogP contribution in [0.3, 0.4) is 0 Å². The number of primary sulfonamides is 1. The molecule has 0 radical (unpaired) electrons. The summed E-state index contributed by atoms with van der Waals surface area (Å²) in [4.78, 5) is 4.32. The van der Waals surface area contributed by atoms with E-state index in [-0.39, 0.29) is 28.9 Å². The molecule has 0 saturated heterocycles. The highest BCUT2D eigenvalue weighted by Crippen LogP contribution is 2.21. The molecule has 0 aliphatic rings. The van der Waals surface area contributed by atoms with Crippen molar-refractivity contribution in [1.29, 1.82) is 0 Å². The van der Waals surface area contributed by atoms with E-state index in [2.05, 4.69) is 43.3 Å². The minimum atomic E-state index is -3.68. The van der Waals surface area contributed by atoms with E-state index in [0.29, 0.717) is 24.0 Å². The van der Waals surface area contributed by atoms with Gasteiger partial charge in [0.05, 0.1) is 4.90 Å². The van der Waals surface area contributed by atoms with Crippen molar-refractivity contribution in [2.45, 2.75) is 58.0 Å². The molecule has 6 nitrogen and oxygen atoms in total. The molecule has 144 valence electrons. The number of halogens is 1.